The van der Waals surface area contributed by atoms with Crippen LogP contribution in [0, 0.1) is 0 Å². The number of carboxylic acid groups (broad SMARTS) is 1. The largest absolute Gasteiger partial charge is 0.478 e. The first kappa shape index (κ1) is 19.6. The van der Waals surface area contributed by atoms with Gasteiger partial charge in [-0.1, -0.05) is 6.58 Å². The zero-order valence-corrected chi connectivity index (χ0v) is 12.2. The molecule has 0 spiro atoms. The minimum absolute atomic E-state index is 0.0977. The van der Waals surface area contributed by atoms with Gasteiger partial charge in [-0.15, -0.1) is 0 Å². The van der Waals surface area contributed by atoms with E-state index in [4.69, 9.17) is 24.8 Å². The number of hydrogen-bond donors (Lipinski definition) is 3. The second-order valence-electron chi connectivity index (χ2n) is 4.14. The fourth-order valence-electron chi connectivity index (χ4n) is 1.09. The number of carbonyl (C=O) groups excluding carboxylic acids is 2. The molecule has 0 aliphatic rings. The Balaban J connectivity index is 5.14. The molecule has 0 saturated carbocycles. The topological polar surface area (TPSA) is 130 Å². The van der Waals surface area contributed by atoms with E-state index in [9.17, 15) is 14.4 Å². The second-order valence-corrected chi connectivity index (χ2v) is 4.14. The van der Waals surface area contributed by atoms with E-state index in [1.807, 2.05) is 0 Å². The van der Waals surface area contributed by atoms with Crippen LogP contribution in [0.2, 0.25) is 0 Å². The van der Waals surface area contributed by atoms with Crippen LogP contribution in [0.5, 0.6) is 0 Å². The average Bonchev–Trinajstić information content (AvgIpc) is 2.51. The summed E-state index contributed by atoms with van der Waals surface area (Å²) in [5.74, 6) is -3.51. The minimum Gasteiger partial charge on any atom is -0.478 e. The van der Waals surface area contributed by atoms with Gasteiger partial charge in [-0.05, 0) is 19.9 Å². The number of allylic oxidation sites excluding steroid dienone is 1. The van der Waals surface area contributed by atoms with Crippen LogP contribution in [0.3, 0.4) is 0 Å². The highest BCUT2D eigenvalue weighted by atomic mass is 16.6. The Morgan fingerprint density at radius 3 is 2.14 bits per heavy atom. The third-order valence-electron chi connectivity index (χ3n) is 2.43. The number of esters is 1. The van der Waals surface area contributed by atoms with E-state index in [-0.39, 0.29) is 11.1 Å². The predicted octanol–water partition coefficient (Wildman–Crippen LogP) is -0.0831. The molecule has 8 nitrogen and oxygen atoms in total. The van der Waals surface area contributed by atoms with Crippen LogP contribution in [-0.4, -0.2) is 52.4 Å². The first-order valence-corrected chi connectivity index (χ1v) is 6.15. The highest BCUT2D eigenvalue weighted by Crippen LogP contribution is 2.11. The number of ketones is 1. The summed E-state index contributed by atoms with van der Waals surface area (Å²) in [6, 6.07) is 0. The molecule has 0 amide bonds. The molecule has 0 aromatic heterocycles. The van der Waals surface area contributed by atoms with Gasteiger partial charge in [-0.2, -0.15) is 0 Å². The van der Waals surface area contributed by atoms with Crippen molar-refractivity contribution in [1.82, 2.24) is 0 Å². The molecule has 0 heterocycles. The summed E-state index contributed by atoms with van der Waals surface area (Å²) >= 11 is 0. The third-order valence-corrected chi connectivity index (χ3v) is 2.43. The Bertz CT molecular complexity index is 511. The van der Waals surface area contributed by atoms with Crippen LogP contribution in [0.1, 0.15) is 13.8 Å². The van der Waals surface area contributed by atoms with Crippen molar-refractivity contribution in [3.8, 4) is 0 Å². The van der Waals surface area contributed by atoms with Crippen LogP contribution in [0.15, 0.2) is 35.8 Å². The maximum absolute atomic E-state index is 11.6. The van der Waals surface area contributed by atoms with Crippen molar-refractivity contribution in [3.63, 3.8) is 0 Å². The molecule has 0 rings (SSSR count). The summed E-state index contributed by atoms with van der Waals surface area (Å²) in [4.78, 5) is 34.0. The Morgan fingerprint density at radius 2 is 1.73 bits per heavy atom. The molecular weight excluding hydrogens is 296 g/mol. The molecule has 0 aliphatic heterocycles. The summed E-state index contributed by atoms with van der Waals surface area (Å²) in [6.07, 6.45) is 0.634. The number of aliphatic carboxylic acids is 1. The minimum atomic E-state index is -1.36. The van der Waals surface area contributed by atoms with Crippen LogP contribution in [-0.2, 0) is 23.9 Å². The van der Waals surface area contributed by atoms with E-state index >= 15 is 0 Å². The number of ether oxygens (including phenoxy) is 2. The van der Waals surface area contributed by atoms with Gasteiger partial charge in [0.2, 0.25) is 5.78 Å². The van der Waals surface area contributed by atoms with Gasteiger partial charge in [0.1, 0.15) is 12.4 Å². The molecule has 8 heteroatoms. The zero-order chi connectivity index (χ0) is 17.3. The number of carbonyl (C=O) groups is 3. The molecule has 0 aromatic carbocycles. The Labute approximate surface area is 127 Å². The summed E-state index contributed by atoms with van der Waals surface area (Å²) in [6.45, 7) is 4.55. The molecule has 22 heavy (non-hydrogen) atoms. The number of hydrogen-bond acceptors (Lipinski definition) is 7. The van der Waals surface area contributed by atoms with Crippen molar-refractivity contribution in [3.05, 3.63) is 35.8 Å². The van der Waals surface area contributed by atoms with Crippen molar-refractivity contribution >= 4 is 17.7 Å². The van der Waals surface area contributed by atoms with Gasteiger partial charge < -0.3 is 24.8 Å². The average molecular weight is 314 g/mol. The molecule has 0 unspecified atom stereocenters. The standard InChI is InChI=1S/C14H18O8/c1-4-11(17)12(9(3)13(18)19)21-7-8(2)14(20)22-10(5-15)6-16/h4,7,10,15-16H,1,5-6H2,2-3H3,(H,18,19)/b8-7+,12-9+. The predicted molar refractivity (Wildman–Crippen MR) is 74.4 cm³/mol. The van der Waals surface area contributed by atoms with Crippen LogP contribution < -0.4 is 0 Å². The molecule has 122 valence electrons. The van der Waals surface area contributed by atoms with Gasteiger partial charge in [-0.25, -0.2) is 9.59 Å². The summed E-state index contributed by atoms with van der Waals surface area (Å²) < 4.78 is 9.65. The van der Waals surface area contributed by atoms with E-state index in [1.165, 1.54) is 6.92 Å². The lowest BCUT2D eigenvalue weighted by molar-refractivity contribution is -0.148. The molecule has 0 aliphatic carbocycles. The maximum Gasteiger partial charge on any atom is 0.337 e. The van der Waals surface area contributed by atoms with Crippen LogP contribution in [0.25, 0.3) is 0 Å². The number of carboxylic acids is 1. The summed E-state index contributed by atoms with van der Waals surface area (Å²) in [5.41, 5.74) is -0.453. The first-order valence-electron chi connectivity index (χ1n) is 6.15. The highest BCUT2D eigenvalue weighted by molar-refractivity contribution is 6.07. The maximum atomic E-state index is 11.6. The molecule has 0 atom stereocenters. The lowest BCUT2D eigenvalue weighted by atomic mass is 10.2. The van der Waals surface area contributed by atoms with Gasteiger partial charge in [-0.3, -0.25) is 4.79 Å². The number of rotatable bonds is 9. The third kappa shape index (κ3) is 5.90. The summed E-state index contributed by atoms with van der Waals surface area (Å²) in [7, 11) is 0. The first-order chi connectivity index (χ1) is 10.3. The SMILES string of the molecule is C=CC(=O)/C(O/C=C(\C)C(=O)OC(CO)CO)=C(/C)C(=O)O. The van der Waals surface area contributed by atoms with Gasteiger partial charge in [0.05, 0.1) is 24.4 Å². The van der Waals surface area contributed by atoms with E-state index < -0.39 is 42.8 Å². The van der Waals surface area contributed by atoms with E-state index in [0.29, 0.717) is 0 Å². The zero-order valence-electron chi connectivity index (χ0n) is 12.2. The molecular formula is C14H18O8. The normalized spacial score (nSPS) is 12.5. The lowest BCUT2D eigenvalue weighted by Gasteiger charge is -2.13. The van der Waals surface area contributed by atoms with Gasteiger partial charge in [0.25, 0.3) is 0 Å². The van der Waals surface area contributed by atoms with Crippen molar-refractivity contribution < 1.29 is 39.2 Å². The fraction of sp³-hybridized carbons (Fsp3) is 0.357. The number of aliphatic hydroxyl groups is 2. The van der Waals surface area contributed by atoms with Crippen molar-refractivity contribution in [1.29, 1.82) is 0 Å². The summed E-state index contributed by atoms with van der Waals surface area (Å²) in [5, 5.41) is 26.5. The van der Waals surface area contributed by atoms with E-state index in [0.717, 1.165) is 19.3 Å². The van der Waals surface area contributed by atoms with Crippen LogP contribution in [0.4, 0.5) is 0 Å². The van der Waals surface area contributed by atoms with Crippen molar-refractivity contribution in [2.24, 2.45) is 0 Å². The molecule has 3 N–H and O–H groups in total. The van der Waals surface area contributed by atoms with E-state index in [2.05, 4.69) is 6.58 Å². The lowest BCUT2D eigenvalue weighted by Crippen LogP contribution is -2.26. The highest BCUT2D eigenvalue weighted by Gasteiger charge is 2.18. The Hall–Kier alpha value is -2.45. The molecule has 0 fully saturated rings. The number of aliphatic hydroxyl groups excluding tert-OH is 2. The van der Waals surface area contributed by atoms with Gasteiger partial charge in [0, 0.05) is 0 Å². The Morgan fingerprint density at radius 1 is 1.18 bits per heavy atom. The van der Waals surface area contributed by atoms with Crippen molar-refractivity contribution in [2.75, 3.05) is 13.2 Å². The smallest absolute Gasteiger partial charge is 0.337 e. The second kappa shape index (κ2) is 9.48. The molecule has 0 radical (unpaired) electrons. The van der Waals surface area contributed by atoms with Gasteiger partial charge >= 0.3 is 11.9 Å². The molecule has 0 bridgehead atoms. The molecule has 0 saturated heterocycles. The molecule has 0 aromatic rings. The quantitative estimate of drug-likeness (QED) is 0.306. The fourth-order valence-corrected chi connectivity index (χ4v) is 1.09. The van der Waals surface area contributed by atoms with Crippen molar-refractivity contribution in [2.45, 2.75) is 20.0 Å². The monoisotopic (exact) mass is 314 g/mol. The van der Waals surface area contributed by atoms with Gasteiger partial charge in [0.15, 0.2) is 5.76 Å². The van der Waals surface area contributed by atoms with Crippen LogP contribution >= 0.6 is 0 Å². The van der Waals surface area contributed by atoms with E-state index in [1.54, 1.807) is 0 Å². The Kier molecular flexibility index (Phi) is 8.42.